The van der Waals surface area contributed by atoms with Crippen LogP contribution >= 0.6 is 23.2 Å². The maximum Gasteiger partial charge on any atom is 0.408 e. The van der Waals surface area contributed by atoms with Crippen LogP contribution in [0.3, 0.4) is 0 Å². The quantitative estimate of drug-likeness (QED) is 0.00866. The van der Waals surface area contributed by atoms with Gasteiger partial charge in [0.2, 0.25) is 47.3 Å². The summed E-state index contributed by atoms with van der Waals surface area (Å²) in [5, 5.41) is 36.0. The van der Waals surface area contributed by atoms with Gasteiger partial charge in [0.15, 0.2) is 11.8 Å². The molecule has 6 aromatic rings. The first-order valence-electron chi connectivity index (χ1n) is 44.8. The number of carbonyl (C=O) groups excluding carboxylic acids is 11. The van der Waals surface area contributed by atoms with Crippen molar-refractivity contribution >= 4 is 94.3 Å². The topological polar surface area (TPSA) is 370 Å². The lowest BCUT2D eigenvalue weighted by molar-refractivity contribution is -0.157. The molecule has 7 rings (SSSR count). The molecular formula is C103H143Cl2N9O17. The predicted molar refractivity (Wildman–Crippen MR) is 513 cm³/mol. The van der Waals surface area contributed by atoms with E-state index < -0.39 is 194 Å². The number of aryl methyl sites for hydroxylation is 1. The zero-order valence-corrected chi connectivity index (χ0v) is 81.2. The SMILES string of the molecule is C.CC[C@H](C)[C@@H]1NC(=O)[C@H](C)NC(=O)[C@@](C)(NC(=O)[C@H](CCC(=O)NC(c2ccccc2)(c2ccccc2)c2ccccc2)CC(=O)[C@H](NC(=O)OC(C)(C)C)[C@@H](C)OC(C)(C)C)CCC/C=C/CCC[C@@](C)(C(=O)N[C@H](C(=O)N[C@H](C(=O)O)[C@@H](C)OC(C)(C)C)C(C)C)NC(=O)[C@H](CC(=O)OC(C)(C)C)NC1=O.Cc1ccc(C(Cl)(c2ccccc2)c2ccccc2Cl)cc1. The van der Waals surface area contributed by atoms with Crippen molar-refractivity contribution in [2.75, 3.05) is 0 Å². The van der Waals surface area contributed by atoms with E-state index in [1.807, 2.05) is 158 Å². The minimum atomic E-state index is -1.91. The number of amides is 9. The van der Waals surface area contributed by atoms with E-state index in [1.165, 1.54) is 33.3 Å². The normalized spacial score (nSPS) is 20.0. The van der Waals surface area contributed by atoms with Crippen molar-refractivity contribution in [3.63, 3.8) is 0 Å². The lowest BCUT2D eigenvalue weighted by Gasteiger charge is -2.37. The number of nitrogens with one attached hydrogen (secondary N) is 9. The Morgan fingerprint density at radius 2 is 1.02 bits per heavy atom. The van der Waals surface area contributed by atoms with E-state index in [4.69, 9.17) is 42.1 Å². The first-order valence-corrected chi connectivity index (χ1v) is 45.6. The molecule has 13 atom stereocenters. The number of hydrogen-bond acceptors (Lipinski definition) is 16. The third kappa shape index (κ3) is 33.5. The van der Waals surface area contributed by atoms with Gasteiger partial charge in [-0.25, -0.2) is 9.59 Å². The maximum atomic E-state index is 15.6. The van der Waals surface area contributed by atoms with E-state index in [9.17, 15) is 43.5 Å². The van der Waals surface area contributed by atoms with Gasteiger partial charge in [0.25, 0.3) is 0 Å². The number of alkyl halides is 1. The predicted octanol–water partition coefficient (Wildman–Crippen LogP) is 16.2. The number of carbonyl (C=O) groups is 12. The average molecular weight is 1850 g/mol. The zero-order valence-electron chi connectivity index (χ0n) is 79.7. The summed E-state index contributed by atoms with van der Waals surface area (Å²) in [7, 11) is 0. The fourth-order valence-electron chi connectivity index (χ4n) is 15.3. The molecule has 1 aliphatic heterocycles. The highest BCUT2D eigenvalue weighted by molar-refractivity contribution is 6.35. The molecule has 0 saturated carbocycles. The number of ketones is 1. The Kier molecular flexibility index (Phi) is 41.5. The molecule has 0 radical (unpaired) electrons. The Hall–Kier alpha value is -10.8. The van der Waals surface area contributed by atoms with Crippen molar-refractivity contribution in [3.05, 3.63) is 226 Å². The number of rotatable bonds is 30. The summed E-state index contributed by atoms with van der Waals surface area (Å²) in [6.07, 6.45) is -0.242. The van der Waals surface area contributed by atoms with Gasteiger partial charge in [-0.2, -0.15) is 0 Å². The number of carboxylic acids is 1. The number of benzene rings is 6. The molecule has 0 spiro atoms. The van der Waals surface area contributed by atoms with E-state index in [1.54, 1.807) is 118 Å². The molecule has 1 unspecified atom stereocenters. The minimum Gasteiger partial charge on any atom is -0.480 e. The van der Waals surface area contributed by atoms with Gasteiger partial charge in [-0.1, -0.05) is 235 Å². The van der Waals surface area contributed by atoms with Crippen molar-refractivity contribution in [2.24, 2.45) is 17.8 Å². The highest BCUT2D eigenvalue weighted by Gasteiger charge is 2.46. The number of esters is 1. The number of halogens is 2. The van der Waals surface area contributed by atoms with Gasteiger partial charge in [0, 0.05) is 29.3 Å². The molecule has 0 saturated heterocycles. The number of aliphatic carboxylic acids is 1. The molecule has 716 valence electrons. The molecule has 0 aliphatic carbocycles. The van der Waals surface area contributed by atoms with Crippen LogP contribution in [0.4, 0.5) is 4.79 Å². The van der Waals surface area contributed by atoms with Crippen LogP contribution in [0.15, 0.2) is 182 Å². The third-order valence-electron chi connectivity index (χ3n) is 22.2. The highest BCUT2D eigenvalue weighted by Crippen LogP contribution is 2.46. The maximum absolute atomic E-state index is 15.6. The van der Waals surface area contributed by atoms with Crippen LogP contribution in [0.2, 0.25) is 5.02 Å². The van der Waals surface area contributed by atoms with Crippen LogP contribution in [0.25, 0.3) is 0 Å². The fraction of sp³-hybridized carbons (Fsp3) is 0.515. The minimum absolute atomic E-state index is 0. The number of carboxylic acid groups (broad SMARTS) is 1. The van der Waals surface area contributed by atoms with E-state index in [0.717, 1.165) is 33.4 Å². The van der Waals surface area contributed by atoms with Crippen LogP contribution in [0.5, 0.6) is 0 Å². The molecule has 1 heterocycles. The molecule has 0 fully saturated rings. The summed E-state index contributed by atoms with van der Waals surface area (Å²) in [6, 6.07) is 45.3. The van der Waals surface area contributed by atoms with Crippen LogP contribution in [-0.4, -0.2) is 158 Å². The number of allylic oxidation sites excluding steroid dienone is 2. The van der Waals surface area contributed by atoms with Gasteiger partial charge >= 0.3 is 18.0 Å². The van der Waals surface area contributed by atoms with Gasteiger partial charge in [-0.3, -0.25) is 47.9 Å². The van der Waals surface area contributed by atoms with E-state index >= 15 is 19.2 Å². The van der Waals surface area contributed by atoms with Crippen molar-refractivity contribution in [1.29, 1.82) is 0 Å². The lowest BCUT2D eigenvalue weighted by Crippen LogP contribution is -2.65. The van der Waals surface area contributed by atoms with Crippen molar-refractivity contribution < 1.29 is 81.6 Å². The summed E-state index contributed by atoms with van der Waals surface area (Å²) < 4.78 is 23.4. The van der Waals surface area contributed by atoms with Gasteiger partial charge in [-0.15, -0.1) is 11.6 Å². The van der Waals surface area contributed by atoms with Crippen LogP contribution < -0.4 is 47.9 Å². The Morgan fingerprint density at radius 3 is 1.50 bits per heavy atom. The number of ether oxygens (including phenoxy) is 4. The van der Waals surface area contributed by atoms with Crippen LogP contribution in [0, 0.1) is 24.7 Å². The van der Waals surface area contributed by atoms with Crippen LogP contribution in [0.1, 0.15) is 262 Å². The van der Waals surface area contributed by atoms with Crippen LogP contribution in [-0.2, 0) is 82.1 Å². The van der Waals surface area contributed by atoms with Crippen molar-refractivity contribution in [3.8, 4) is 0 Å². The summed E-state index contributed by atoms with van der Waals surface area (Å²) in [5.74, 6) is -12.4. The second-order valence-corrected chi connectivity index (χ2v) is 39.5. The molecular weight excluding hydrogens is 1710 g/mol. The number of Topliss-reactive ketones (excluding diaryl/α,β-unsaturated/α-hetero) is 1. The lowest BCUT2D eigenvalue weighted by atomic mass is 9.76. The first kappa shape index (κ1) is 111. The fourth-order valence-corrected chi connectivity index (χ4v) is 16.1. The Bertz CT molecular complexity index is 4720. The van der Waals surface area contributed by atoms with E-state index in [0.29, 0.717) is 11.4 Å². The molecule has 0 aromatic heterocycles. The van der Waals surface area contributed by atoms with E-state index in [2.05, 4.69) is 79.0 Å². The molecule has 131 heavy (non-hydrogen) atoms. The number of alkyl carbamates (subject to hydrolysis) is 1. The van der Waals surface area contributed by atoms with Crippen molar-refractivity contribution in [1.82, 2.24) is 47.9 Å². The van der Waals surface area contributed by atoms with Gasteiger partial charge < -0.3 is 71.9 Å². The Balaban J connectivity index is 0.00000114. The second-order valence-electron chi connectivity index (χ2n) is 38.5. The summed E-state index contributed by atoms with van der Waals surface area (Å²) in [6.45, 7) is 36.4. The average Bonchev–Trinajstić information content (AvgIpc) is 0.763. The van der Waals surface area contributed by atoms with Gasteiger partial charge in [0.05, 0.1) is 29.8 Å². The summed E-state index contributed by atoms with van der Waals surface area (Å²) in [4.78, 5) is 174. The monoisotopic (exact) mass is 1850 g/mol. The summed E-state index contributed by atoms with van der Waals surface area (Å²) in [5.41, 5.74) is -2.44. The standard InChI is InChI=1S/C82H123N9O17.C20H16Cl2.CH4/c1-22-51(4)64-71(99)84-59(49-62(94)107-78(14,15)16)69(97)91-81(21,74(103)87-63(50(2)3)70(98)86-66(72(100)101)54(7)106-77(11,12)13)47-37-26-24-23-25-36-46-80(20,73(102)83-52(5)67(95)85-64)90-68(96)55(48-60(92)65(53(6)105-76(8,9)10)88-75(104)108-79(17,18)19)44-45-61(93)89-82(56-38-30-27-31-39-56,57-40-32-28-33-41-57)58-42-34-29-35-43-58;1-15-11-13-17(14-12-15)20(22,16-7-3-2-4-8-16)18-9-5-6-10-19(18)21;/h23-24,27-35,38-43,50-55,59,63-66H,22,25-26,36-37,44-49H2,1-21H3,(H,83,102)(H,84,99)(H,85,95)(H,86,98)(H,87,103)(H,88,104)(H,89,93)(H,90,96)(H,91,97)(H,100,101);2-14H,1H3;1H4/b24-23+;;/t51-,52-,53+,54+,55+,59-,63-,64-,65+,66-,80-,81-;;/m0../s1. The van der Waals surface area contributed by atoms with Gasteiger partial charge in [0.1, 0.15) is 62.9 Å². The molecule has 10 N–H and O–H groups in total. The molecule has 28 heteroatoms. The largest absolute Gasteiger partial charge is 0.480 e. The Labute approximate surface area is 785 Å². The molecule has 1 aliphatic rings. The van der Waals surface area contributed by atoms with Gasteiger partial charge in [-0.05, 0) is 215 Å². The molecule has 26 nitrogen and oxygen atoms in total. The molecule has 6 aromatic carbocycles. The van der Waals surface area contributed by atoms with E-state index in [-0.39, 0.29) is 58.8 Å². The smallest absolute Gasteiger partial charge is 0.408 e. The highest BCUT2D eigenvalue weighted by atomic mass is 35.5. The Morgan fingerprint density at radius 1 is 0.550 bits per heavy atom. The molecule has 9 amide bonds. The number of hydrogen-bond donors (Lipinski definition) is 10. The third-order valence-corrected chi connectivity index (χ3v) is 23.2. The zero-order chi connectivity index (χ0) is 97.1. The first-order chi connectivity index (χ1) is 60.7. The summed E-state index contributed by atoms with van der Waals surface area (Å²) >= 11 is 13.6. The second kappa shape index (κ2) is 49.1. The molecule has 0 bridgehead atoms. The van der Waals surface area contributed by atoms with Crippen molar-refractivity contribution in [2.45, 2.75) is 323 Å².